The maximum Gasteiger partial charge on any atom is 0.257 e. The molecule has 17 heavy (non-hydrogen) atoms. The van der Waals surface area contributed by atoms with Gasteiger partial charge in [0.2, 0.25) is 11.9 Å². The summed E-state index contributed by atoms with van der Waals surface area (Å²) in [6.45, 7) is 1.68. The van der Waals surface area contributed by atoms with Crippen molar-refractivity contribution in [1.29, 1.82) is 0 Å². The van der Waals surface area contributed by atoms with E-state index in [1.165, 1.54) is 0 Å². The minimum atomic E-state index is -0.377. The highest BCUT2D eigenvalue weighted by Gasteiger charge is 2.05. The fourth-order valence-corrected chi connectivity index (χ4v) is 1.01. The van der Waals surface area contributed by atoms with Gasteiger partial charge in [0, 0.05) is 12.0 Å². The average Bonchev–Trinajstić information content (AvgIpc) is 2.36. The van der Waals surface area contributed by atoms with Gasteiger partial charge in [0.1, 0.15) is 0 Å². The lowest BCUT2D eigenvalue weighted by Gasteiger charge is -2.04. The molecule has 2 amide bonds. The predicted molar refractivity (Wildman–Crippen MR) is 64.0 cm³/mol. The van der Waals surface area contributed by atoms with Gasteiger partial charge in [-0.1, -0.05) is 25.1 Å². The Kier molecular flexibility index (Phi) is 4.68. The van der Waals surface area contributed by atoms with E-state index in [0.717, 1.165) is 0 Å². The average molecular weight is 234 g/mol. The first kappa shape index (κ1) is 12.7. The van der Waals surface area contributed by atoms with Crippen molar-refractivity contribution in [3.05, 3.63) is 35.9 Å². The summed E-state index contributed by atoms with van der Waals surface area (Å²) in [5.41, 5.74) is 8.08. The van der Waals surface area contributed by atoms with Crippen molar-refractivity contribution < 1.29 is 9.59 Å². The first-order valence-corrected chi connectivity index (χ1v) is 5.12. The van der Waals surface area contributed by atoms with Crippen molar-refractivity contribution in [2.45, 2.75) is 13.3 Å². The summed E-state index contributed by atoms with van der Waals surface area (Å²) >= 11 is 0. The monoisotopic (exact) mass is 234 g/mol. The number of amides is 2. The van der Waals surface area contributed by atoms with E-state index in [-0.39, 0.29) is 17.8 Å². The molecular formula is C11H14N4O2. The van der Waals surface area contributed by atoms with Crippen LogP contribution in [0.2, 0.25) is 0 Å². The molecule has 1 rings (SSSR count). The van der Waals surface area contributed by atoms with Gasteiger partial charge in [-0.3, -0.25) is 14.9 Å². The van der Waals surface area contributed by atoms with Crippen LogP contribution in [0.3, 0.4) is 0 Å². The van der Waals surface area contributed by atoms with E-state index in [2.05, 4.69) is 15.8 Å². The van der Waals surface area contributed by atoms with Gasteiger partial charge in [-0.25, -0.2) is 5.43 Å². The van der Waals surface area contributed by atoms with E-state index >= 15 is 0 Å². The van der Waals surface area contributed by atoms with Gasteiger partial charge in [0.15, 0.2) is 0 Å². The predicted octanol–water partition coefficient (Wildman–Crippen LogP) is 0.172. The number of hydrogen-bond donors (Lipinski definition) is 3. The third-order valence-corrected chi connectivity index (χ3v) is 1.90. The Morgan fingerprint density at radius 3 is 2.53 bits per heavy atom. The normalized spacial score (nSPS) is 10.8. The molecule has 0 aromatic heterocycles. The fourth-order valence-electron chi connectivity index (χ4n) is 1.01. The van der Waals surface area contributed by atoms with Crippen LogP contribution in [0.15, 0.2) is 35.4 Å². The minimum absolute atomic E-state index is 0.152. The van der Waals surface area contributed by atoms with Crippen molar-refractivity contribution >= 4 is 17.8 Å². The van der Waals surface area contributed by atoms with Gasteiger partial charge < -0.3 is 5.73 Å². The molecule has 0 saturated heterocycles. The molecule has 0 spiro atoms. The van der Waals surface area contributed by atoms with E-state index in [1.54, 1.807) is 37.3 Å². The lowest BCUT2D eigenvalue weighted by atomic mass is 10.2. The van der Waals surface area contributed by atoms with Gasteiger partial charge >= 0.3 is 0 Å². The summed E-state index contributed by atoms with van der Waals surface area (Å²) in [4.78, 5) is 22.5. The van der Waals surface area contributed by atoms with Crippen molar-refractivity contribution in [2.75, 3.05) is 0 Å². The van der Waals surface area contributed by atoms with Gasteiger partial charge in [0.25, 0.3) is 5.91 Å². The maximum atomic E-state index is 11.6. The number of carbonyl (C=O) groups is 2. The summed E-state index contributed by atoms with van der Waals surface area (Å²) in [5.74, 6) is -0.805. The minimum Gasteiger partial charge on any atom is -0.368 e. The zero-order valence-electron chi connectivity index (χ0n) is 9.43. The number of carbonyl (C=O) groups excluding carboxylic acids is 2. The number of hydrazone groups is 1. The number of nitrogens with one attached hydrogen (secondary N) is 2. The maximum absolute atomic E-state index is 11.6. The molecule has 6 heteroatoms. The molecule has 0 aliphatic rings. The number of benzene rings is 1. The largest absolute Gasteiger partial charge is 0.368 e. The van der Waals surface area contributed by atoms with Crippen molar-refractivity contribution in [3.63, 3.8) is 0 Å². The molecule has 1 aromatic carbocycles. The fraction of sp³-hybridized carbons (Fsp3) is 0.182. The molecule has 6 nitrogen and oxygen atoms in total. The van der Waals surface area contributed by atoms with Crippen LogP contribution in [0.5, 0.6) is 0 Å². The van der Waals surface area contributed by atoms with Gasteiger partial charge in [0.05, 0.1) is 0 Å². The summed E-state index contributed by atoms with van der Waals surface area (Å²) in [7, 11) is 0. The summed E-state index contributed by atoms with van der Waals surface area (Å²) < 4.78 is 0. The highest BCUT2D eigenvalue weighted by molar-refractivity contribution is 6.05. The second kappa shape index (κ2) is 6.26. The second-order valence-electron chi connectivity index (χ2n) is 3.21. The Hall–Kier alpha value is -2.37. The Labute approximate surface area is 98.9 Å². The highest BCUT2D eigenvalue weighted by Crippen LogP contribution is 1.96. The third kappa shape index (κ3) is 4.33. The van der Waals surface area contributed by atoms with Crippen LogP contribution >= 0.6 is 0 Å². The summed E-state index contributed by atoms with van der Waals surface area (Å²) in [5, 5.41) is 5.87. The molecule has 1 aromatic rings. The topological polar surface area (TPSA) is 96.6 Å². The lowest BCUT2D eigenvalue weighted by Crippen LogP contribution is -2.38. The molecule has 0 aliphatic carbocycles. The van der Waals surface area contributed by atoms with Crippen molar-refractivity contribution in [2.24, 2.45) is 10.8 Å². The van der Waals surface area contributed by atoms with E-state index in [1.807, 2.05) is 0 Å². The highest BCUT2D eigenvalue weighted by atomic mass is 16.2. The number of hydrogen-bond acceptors (Lipinski definition) is 3. The van der Waals surface area contributed by atoms with E-state index in [0.29, 0.717) is 12.0 Å². The van der Waals surface area contributed by atoms with Crippen LogP contribution in [0.4, 0.5) is 0 Å². The van der Waals surface area contributed by atoms with Gasteiger partial charge in [-0.2, -0.15) is 0 Å². The quantitative estimate of drug-likeness (QED) is 0.395. The zero-order chi connectivity index (χ0) is 12.7. The van der Waals surface area contributed by atoms with Crippen LogP contribution in [-0.4, -0.2) is 17.8 Å². The molecule has 0 heterocycles. The molecule has 0 radical (unpaired) electrons. The molecule has 90 valence electrons. The number of nitrogens with zero attached hydrogens (tertiary/aromatic N) is 1. The molecule has 0 fully saturated rings. The summed E-state index contributed by atoms with van der Waals surface area (Å²) in [6.07, 6.45) is 0.295. The van der Waals surface area contributed by atoms with E-state index < -0.39 is 0 Å². The smallest absolute Gasteiger partial charge is 0.257 e. The Balaban J connectivity index is 2.54. The first-order valence-electron chi connectivity index (χ1n) is 5.12. The molecule has 0 bridgehead atoms. The van der Waals surface area contributed by atoms with Gasteiger partial charge in [-0.15, -0.1) is 5.10 Å². The molecule has 0 saturated carbocycles. The third-order valence-electron chi connectivity index (χ3n) is 1.90. The SMILES string of the molecule is CCC(=O)N/N=C(\N)NC(=O)c1ccccc1. The number of nitrogens with two attached hydrogens (primary N) is 1. The van der Waals surface area contributed by atoms with Crippen LogP contribution in [0.25, 0.3) is 0 Å². The number of rotatable bonds is 3. The standard InChI is InChI=1S/C11H14N4O2/c1-2-9(16)14-15-11(12)13-10(17)8-6-4-3-5-7-8/h3-7H,2H2,1H3,(H,14,16)(H3,12,13,15,17). The lowest BCUT2D eigenvalue weighted by molar-refractivity contribution is -0.120. The van der Waals surface area contributed by atoms with E-state index in [9.17, 15) is 9.59 Å². The first-order chi connectivity index (χ1) is 8.13. The zero-order valence-corrected chi connectivity index (χ0v) is 9.43. The van der Waals surface area contributed by atoms with Crippen LogP contribution < -0.4 is 16.5 Å². The molecule has 0 unspecified atom stereocenters. The van der Waals surface area contributed by atoms with Crippen molar-refractivity contribution in [1.82, 2.24) is 10.7 Å². The van der Waals surface area contributed by atoms with E-state index in [4.69, 9.17) is 5.73 Å². The van der Waals surface area contributed by atoms with Gasteiger partial charge in [-0.05, 0) is 12.1 Å². The molecule has 4 N–H and O–H groups in total. The Morgan fingerprint density at radius 1 is 1.29 bits per heavy atom. The van der Waals surface area contributed by atoms with Crippen LogP contribution in [0, 0.1) is 0 Å². The van der Waals surface area contributed by atoms with Crippen LogP contribution in [-0.2, 0) is 4.79 Å². The Morgan fingerprint density at radius 2 is 1.94 bits per heavy atom. The second-order valence-corrected chi connectivity index (χ2v) is 3.21. The number of guanidine groups is 1. The Bertz CT molecular complexity index is 428. The molecule has 0 aliphatic heterocycles. The molecule has 0 atom stereocenters. The summed E-state index contributed by atoms with van der Waals surface area (Å²) in [6, 6.07) is 8.57. The molecular weight excluding hydrogens is 220 g/mol. The van der Waals surface area contributed by atoms with Crippen LogP contribution in [0.1, 0.15) is 23.7 Å². The van der Waals surface area contributed by atoms with Crippen molar-refractivity contribution in [3.8, 4) is 0 Å².